The van der Waals surface area contributed by atoms with E-state index in [-0.39, 0.29) is 10.7 Å². The Balaban J connectivity index is 3.01. The maximum atomic E-state index is 11.8. The van der Waals surface area contributed by atoms with Gasteiger partial charge >= 0.3 is 0 Å². The van der Waals surface area contributed by atoms with Crippen LogP contribution in [0.15, 0.2) is 29.2 Å². The van der Waals surface area contributed by atoms with E-state index < -0.39 is 10.0 Å². The summed E-state index contributed by atoms with van der Waals surface area (Å²) in [5.74, 6) is 0.0429. The summed E-state index contributed by atoms with van der Waals surface area (Å²) in [6.45, 7) is 1.93. The van der Waals surface area contributed by atoms with Crippen molar-refractivity contribution in [2.75, 3.05) is 14.1 Å². The average Bonchev–Trinajstić information content (AvgIpc) is 2.29. The Morgan fingerprint density at radius 2 is 1.71 bits per heavy atom. The number of nitrogens with zero attached hydrogens (tertiary/aromatic N) is 1. The number of hydrogen-bond donors (Lipinski definition) is 0. The van der Waals surface area contributed by atoms with Gasteiger partial charge in [0.15, 0.2) is 5.78 Å². The van der Waals surface area contributed by atoms with Crippen molar-refractivity contribution in [3.63, 3.8) is 0 Å². The molecule has 0 saturated carbocycles. The molecule has 0 aliphatic rings. The fourth-order valence-electron chi connectivity index (χ4n) is 1.40. The fourth-order valence-corrected chi connectivity index (χ4v) is 2.30. The number of ketones is 1. The van der Waals surface area contributed by atoms with Crippen LogP contribution in [0, 0.1) is 0 Å². The predicted molar refractivity (Wildman–Crippen MR) is 66.6 cm³/mol. The minimum atomic E-state index is -3.41. The molecule has 0 amide bonds. The first-order chi connectivity index (χ1) is 7.89. The summed E-state index contributed by atoms with van der Waals surface area (Å²) < 4.78 is 24.7. The summed E-state index contributed by atoms with van der Waals surface area (Å²) >= 11 is 0. The predicted octanol–water partition coefficient (Wildman–Crippen LogP) is 1.92. The number of carbonyl (C=O) groups excluding carboxylic acids is 1. The maximum Gasteiger partial charge on any atom is 0.242 e. The van der Waals surface area contributed by atoms with E-state index in [1.807, 2.05) is 6.92 Å². The normalized spacial score (nSPS) is 11.8. The lowest BCUT2D eigenvalue weighted by Crippen LogP contribution is -2.22. The molecule has 0 heterocycles. The second kappa shape index (κ2) is 5.42. The first kappa shape index (κ1) is 13.9. The van der Waals surface area contributed by atoms with E-state index in [0.29, 0.717) is 12.0 Å². The van der Waals surface area contributed by atoms with Gasteiger partial charge in [-0.1, -0.05) is 19.1 Å². The maximum absolute atomic E-state index is 11.8. The number of rotatable bonds is 5. The highest BCUT2D eigenvalue weighted by Crippen LogP contribution is 2.15. The van der Waals surface area contributed by atoms with Gasteiger partial charge < -0.3 is 0 Å². The van der Waals surface area contributed by atoms with Crippen molar-refractivity contribution in [1.29, 1.82) is 0 Å². The number of benzene rings is 1. The number of hydrogen-bond acceptors (Lipinski definition) is 3. The van der Waals surface area contributed by atoms with Crippen LogP contribution in [0.2, 0.25) is 0 Å². The van der Waals surface area contributed by atoms with Crippen LogP contribution < -0.4 is 0 Å². The third kappa shape index (κ3) is 3.14. The molecule has 1 rings (SSSR count). The summed E-state index contributed by atoms with van der Waals surface area (Å²) in [7, 11) is -0.454. The molecule has 0 aliphatic heterocycles. The molecule has 0 spiro atoms. The van der Waals surface area contributed by atoms with Gasteiger partial charge in [-0.05, 0) is 18.6 Å². The Bertz CT molecular complexity index is 489. The monoisotopic (exact) mass is 255 g/mol. The summed E-state index contributed by atoms with van der Waals surface area (Å²) in [5, 5.41) is 0. The highest BCUT2D eigenvalue weighted by Gasteiger charge is 2.17. The van der Waals surface area contributed by atoms with Gasteiger partial charge in [0.1, 0.15) is 0 Å². The van der Waals surface area contributed by atoms with E-state index in [9.17, 15) is 13.2 Å². The van der Waals surface area contributed by atoms with Gasteiger partial charge in [-0.2, -0.15) is 0 Å². The minimum Gasteiger partial charge on any atom is -0.294 e. The lowest BCUT2D eigenvalue weighted by atomic mass is 10.1. The SMILES string of the molecule is CCCC(=O)c1ccc(S(=O)(=O)N(C)C)cc1. The first-order valence-corrected chi connectivity index (χ1v) is 6.89. The van der Waals surface area contributed by atoms with Crippen molar-refractivity contribution in [2.24, 2.45) is 0 Å². The summed E-state index contributed by atoms with van der Waals surface area (Å²) in [6.07, 6.45) is 1.27. The Hall–Kier alpha value is -1.20. The zero-order valence-corrected chi connectivity index (χ0v) is 11.1. The van der Waals surface area contributed by atoms with E-state index in [4.69, 9.17) is 0 Å². The highest BCUT2D eigenvalue weighted by molar-refractivity contribution is 7.89. The summed E-state index contributed by atoms with van der Waals surface area (Å²) in [5.41, 5.74) is 0.560. The lowest BCUT2D eigenvalue weighted by Gasteiger charge is -2.11. The van der Waals surface area contributed by atoms with Crippen molar-refractivity contribution >= 4 is 15.8 Å². The van der Waals surface area contributed by atoms with Crippen molar-refractivity contribution in [1.82, 2.24) is 4.31 Å². The fraction of sp³-hybridized carbons (Fsp3) is 0.417. The van der Waals surface area contributed by atoms with Crippen LogP contribution in [0.3, 0.4) is 0 Å². The molecule has 94 valence electrons. The van der Waals surface area contributed by atoms with Crippen LogP contribution in [0.1, 0.15) is 30.1 Å². The molecule has 0 unspecified atom stereocenters. The van der Waals surface area contributed by atoms with Gasteiger partial charge in [0.25, 0.3) is 0 Å². The van der Waals surface area contributed by atoms with Gasteiger partial charge in [0.2, 0.25) is 10.0 Å². The van der Waals surface area contributed by atoms with E-state index in [1.54, 1.807) is 12.1 Å². The van der Waals surface area contributed by atoms with Gasteiger partial charge in [-0.15, -0.1) is 0 Å². The molecule has 0 aromatic heterocycles. The van der Waals surface area contributed by atoms with Crippen LogP contribution >= 0.6 is 0 Å². The first-order valence-electron chi connectivity index (χ1n) is 5.45. The van der Waals surface area contributed by atoms with E-state index in [2.05, 4.69) is 0 Å². The second-order valence-corrected chi connectivity index (χ2v) is 6.14. The van der Waals surface area contributed by atoms with Gasteiger partial charge in [0, 0.05) is 26.1 Å². The third-order valence-corrected chi connectivity index (χ3v) is 4.26. The standard InChI is InChI=1S/C12H17NO3S/c1-4-5-12(14)10-6-8-11(9-7-10)17(15,16)13(2)3/h6-9H,4-5H2,1-3H3. The number of sulfonamides is 1. The molecule has 0 radical (unpaired) electrons. The van der Waals surface area contributed by atoms with Gasteiger partial charge in [0.05, 0.1) is 4.90 Å². The Kier molecular flexibility index (Phi) is 4.42. The molecule has 0 bridgehead atoms. The van der Waals surface area contributed by atoms with E-state index in [1.165, 1.54) is 26.2 Å². The van der Waals surface area contributed by atoms with Crippen molar-refractivity contribution in [2.45, 2.75) is 24.7 Å². The Labute approximate surface area is 102 Å². The van der Waals surface area contributed by atoms with Crippen molar-refractivity contribution in [3.8, 4) is 0 Å². The molecule has 17 heavy (non-hydrogen) atoms. The lowest BCUT2D eigenvalue weighted by molar-refractivity contribution is 0.0981. The number of Topliss-reactive ketones (excluding diaryl/α,β-unsaturated/α-hetero) is 1. The Morgan fingerprint density at radius 3 is 2.12 bits per heavy atom. The molecule has 4 nitrogen and oxygen atoms in total. The molecular formula is C12H17NO3S. The molecule has 1 aromatic carbocycles. The molecule has 0 N–H and O–H groups in total. The summed E-state index contributed by atoms with van der Waals surface area (Å²) in [4.78, 5) is 11.8. The molecule has 5 heteroatoms. The topological polar surface area (TPSA) is 54.5 Å². The van der Waals surface area contributed by atoms with Gasteiger partial charge in [-0.3, -0.25) is 4.79 Å². The molecule has 0 atom stereocenters. The molecule has 1 aromatic rings. The number of carbonyl (C=O) groups is 1. The van der Waals surface area contributed by atoms with Crippen molar-refractivity contribution < 1.29 is 13.2 Å². The second-order valence-electron chi connectivity index (χ2n) is 3.98. The minimum absolute atomic E-state index is 0.0429. The van der Waals surface area contributed by atoms with Crippen LogP contribution in [0.5, 0.6) is 0 Å². The van der Waals surface area contributed by atoms with Crippen LogP contribution in [0.25, 0.3) is 0 Å². The quantitative estimate of drug-likeness (QED) is 0.755. The largest absolute Gasteiger partial charge is 0.294 e. The highest BCUT2D eigenvalue weighted by atomic mass is 32.2. The zero-order chi connectivity index (χ0) is 13.1. The van der Waals surface area contributed by atoms with E-state index in [0.717, 1.165) is 10.7 Å². The van der Waals surface area contributed by atoms with E-state index >= 15 is 0 Å². The van der Waals surface area contributed by atoms with Gasteiger partial charge in [-0.25, -0.2) is 12.7 Å². The smallest absolute Gasteiger partial charge is 0.242 e. The zero-order valence-electron chi connectivity index (χ0n) is 10.3. The van der Waals surface area contributed by atoms with Crippen LogP contribution in [-0.4, -0.2) is 32.6 Å². The Morgan fingerprint density at radius 1 is 1.18 bits per heavy atom. The third-order valence-electron chi connectivity index (χ3n) is 2.43. The summed E-state index contributed by atoms with van der Waals surface area (Å²) in [6, 6.07) is 6.07. The van der Waals surface area contributed by atoms with Crippen LogP contribution in [-0.2, 0) is 10.0 Å². The molecule has 0 aliphatic carbocycles. The molecule has 0 fully saturated rings. The molecular weight excluding hydrogens is 238 g/mol. The van der Waals surface area contributed by atoms with Crippen molar-refractivity contribution in [3.05, 3.63) is 29.8 Å². The average molecular weight is 255 g/mol. The van der Waals surface area contributed by atoms with Crippen LogP contribution in [0.4, 0.5) is 0 Å². The molecule has 0 saturated heterocycles.